The van der Waals surface area contributed by atoms with Crippen molar-refractivity contribution in [3.63, 3.8) is 0 Å². The Bertz CT molecular complexity index is 948. The zero-order valence-corrected chi connectivity index (χ0v) is 15.9. The number of aryl methyl sites for hydroxylation is 2. The number of carbonyl (C=O) groups is 1. The highest BCUT2D eigenvalue weighted by Gasteiger charge is 2.08. The lowest BCUT2D eigenvalue weighted by atomic mass is 10.1. The fourth-order valence-corrected chi connectivity index (χ4v) is 2.71. The molecule has 0 unspecified atom stereocenters. The van der Waals surface area contributed by atoms with Crippen molar-refractivity contribution >= 4 is 28.9 Å². The van der Waals surface area contributed by atoms with Crippen LogP contribution in [-0.2, 0) is 0 Å². The average Bonchev–Trinajstić information content (AvgIpc) is 2.61. The topological polar surface area (TPSA) is 70.2 Å². The van der Waals surface area contributed by atoms with E-state index in [-0.39, 0.29) is 5.91 Å². The molecule has 6 heteroatoms. The minimum atomic E-state index is -0.154. The van der Waals surface area contributed by atoms with E-state index in [1.165, 1.54) is 0 Å². The average molecular weight is 361 g/mol. The zero-order valence-electron chi connectivity index (χ0n) is 15.9. The molecule has 0 atom stereocenters. The Morgan fingerprint density at radius 3 is 2.26 bits per heavy atom. The van der Waals surface area contributed by atoms with Crippen LogP contribution < -0.4 is 15.5 Å². The van der Waals surface area contributed by atoms with Gasteiger partial charge in [-0.15, -0.1) is 0 Å². The van der Waals surface area contributed by atoms with Crippen LogP contribution in [0.25, 0.3) is 0 Å². The molecule has 1 heterocycles. The van der Waals surface area contributed by atoms with Gasteiger partial charge in [0.2, 0.25) is 5.95 Å². The first-order valence-electron chi connectivity index (χ1n) is 8.69. The lowest BCUT2D eigenvalue weighted by Gasteiger charge is -2.14. The van der Waals surface area contributed by atoms with Crippen molar-refractivity contribution in [1.29, 1.82) is 0 Å². The molecule has 0 aliphatic heterocycles. The molecule has 0 fully saturated rings. The molecule has 1 aromatic heterocycles. The molecule has 0 bridgehead atoms. The number of nitrogens with one attached hydrogen (secondary N) is 2. The minimum absolute atomic E-state index is 0.154. The molecular weight excluding hydrogens is 338 g/mol. The summed E-state index contributed by atoms with van der Waals surface area (Å²) in [4.78, 5) is 23.3. The number of benzene rings is 2. The number of nitrogens with zero attached hydrogens (tertiary/aromatic N) is 3. The number of hydrogen-bond acceptors (Lipinski definition) is 5. The molecule has 0 radical (unpaired) electrons. The van der Waals surface area contributed by atoms with Crippen molar-refractivity contribution in [3.05, 3.63) is 71.5 Å². The van der Waals surface area contributed by atoms with Gasteiger partial charge < -0.3 is 15.5 Å². The second-order valence-electron chi connectivity index (χ2n) is 6.58. The van der Waals surface area contributed by atoms with Gasteiger partial charge >= 0.3 is 0 Å². The Morgan fingerprint density at radius 1 is 0.889 bits per heavy atom. The standard InChI is InChI=1S/C21H23N5O/c1-14-11-15(2)23-21(22-14)25-18-9-6-8-17(13-18)24-20(27)16-7-5-10-19(12-16)26(3)4/h5-13H,1-4H3,(H,24,27)(H,22,23,25). The van der Waals surface area contributed by atoms with Gasteiger partial charge in [0.05, 0.1) is 0 Å². The number of amides is 1. The quantitative estimate of drug-likeness (QED) is 0.714. The van der Waals surface area contributed by atoms with Gasteiger partial charge in [-0.2, -0.15) is 0 Å². The molecule has 0 spiro atoms. The summed E-state index contributed by atoms with van der Waals surface area (Å²) in [5.41, 5.74) is 4.89. The molecule has 6 nitrogen and oxygen atoms in total. The number of hydrogen-bond donors (Lipinski definition) is 2. The molecule has 3 aromatic rings. The SMILES string of the molecule is Cc1cc(C)nc(Nc2cccc(NC(=O)c3cccc(N(C)C)c3)c2)n1. The fraction of sp³-hybridized carbons (Fsp3) is 0.190. The van der Waals surface area contributed by atoms with Crippen LogP contribution in [0.5, 0.6) is 0 Å². The van der Waals surface area contributed by atoms with Crippen molar-refractivity contribution in [2.75, 3.05) is 29.6 Å². The van der Waals surface area contributed by atoms with Crippen LogP contribution in [0.15, 0.2) is 54.6 Å². The highest BCUT2D eigenvalue weighted by Crippen LogP contribution is 2.20. The zero-order chi connectivity index (χ0) is 19.4. The maximum Gasteiger partial charge on any atom is 0.255 e. The Balaban J connectivity index is 1.75. The van der Waals surface area contributed by atoms with Crippen LogP contribution in [0.4, 0.5) is 23.0 Å². The van der Waals surface area contributed by atoms with Crippen molar-refractivity contribution in [1.82, 2.24) is 9.97 Å². The number of carbonyl (C=O) groups excluding carboxylic acids is 1. The molecular formula is C21H23N5O. The molecule has 0 saturated carbocycles. The van der Waals surface area contributed by atoms with Gasteiger partial charge in [0, 0.05) is 48.1 Å². The molecule has 3 rings (SSSR count). The Kier molecular flexibility index (Phi) is 5.35. The third-order valence-electron chi connectivity index (χ3n) is 3.98. The van der Waals surface area contributed by atoms with Gasteiger partial charge in [0.15, 0.2) is 0 Å². The van der Waals surface area contributed by atoms with Crippen LogP contribution in [0.1, 0.15) is 21.7 Å². The molecule has 2 aromatic carbocycles. The molecule has 2 N–H and O–H groups in total. The first kappa shape index (κ1) is 18.4. The summed E-state index contributed by atoms with van der Waals surface area (Å²) >= 11 is 0. The van der Waals surface area contributed by atoms with E-state index in [9.17, 15) is 4.79 Å². The van der Waals surface area contributed by atoms with E-state index >= 15 is 0 Å². The predicted molar refractivity (Wildman–Crippen MR) is 110 cm³/mol. The lowest BCUT2D eigenvalue weighted by molar-refractivity contribution is 0.102. The lowest BCUT2D eigenvalue weighted by Crippen LogP contribution is -2.14. The largest absolute Gasteiger partial charge is 0.378 e. The molecule has 27 heavy (non-hydrogen) atoms. The summed E-state index contributed by atoms with van der Waals surface area (Å²) < 4.78 is 0. The van der Waals surface area contributed by atoms with Gasteiger partial charge in [-0.3, -0.25) is 4.79 Å². The summed E-state index contributed by atoms with van der Waals surface area (Å²) in [6, 6.07) is 16.9. The Labute approximate surface area is 159 Å². The van der Waals surface area contributed by atoms with Gasteiger partial charge in [-0.1, -0.05) is 12.1 Å². The van der Waals surface area contributed by atoms with Gasteiger partial charge in [0.1, 0.15) is 0 Å². The first-order chi connectivity index (χ1) is 12.9. The minimum Gasteiger partial charge on any atom is -0.378 e. The third kappa shape index (κ3) is 4.82. The van der Waals surface area contributed by atoms with Crippen LogP contribution in [0, 0.1) is 13.8 Å². The van der Waals surface area contributed by atoms with Crippen molar-refractivity contribution in [2.45, 2.75) is 13.8 Å². The highest BCUT2D eigenvalue weighted by atomic mass is 16.1. The highest BCUT2D eigenvalue weighted by molar-refractivity contribution is 6.05. The summed E-state index contributed by atoms with van der Waals surface area (Å²) in [7, 11) is 3.89. The maximum atomic E-state index is 12.6. The van der Waals surface area contributed by atoms with Gasteiger partial charge in [-0.25, -0.2) is 9.97 Å². The molecule has 0 aliphatic rings. The summed E-state index contributed by atoms with van der Waals surface area (Å²) in [5.74, 6) is 0.383. The van der Waals surface area contributed by atoms with E-state index in [0.29, 0.717) is 17.2 Å². The van der Waals surface area contributed by atoms with E-state index in [1.54, 1.807) is 6.07 Å². The maximum absolute atomic E-state index is 12.6. The predicted octanol–water partition coefficient (Wildman–Crippen LogP) is 4.16. The van der Waals surface area contributed by atoms with Crippen molar-refractivity contribution in [3.8, 4) is 0 Å². The van der Waals surface area contributed by atoms with Crippen LogP contribution in [-0.4, -0.2) is 30.0 Å². The normalized spacial score (nSPS) is 10.4. The van der Waals surface area contributed by atoms with E-state index in [2.05, 4.69) is 20.6 Å². The van der Waals surface area contributed by atoms with E-state index in [0.717, 1.165) is 22.8 Å². The molecule has 1 amide bonds. The Morgan fingerprint density at radius 2 is 1.56 bits per heavy atom. The fourth-order valence-electron chi connectivity index (χ4n) is 2.71. The monoisotopic (exact) mass is 361 g/mol. The summed E-state index contributed by atoms with van der Waals surface area (Å²) in [6.45, 7) is 3.86. The van der Waals surface area contributed by atoms with Crippen LogP contribution in [0.3, 0.4) is 0 Å². The number of anilines is 4. The van der Waals surface area contributed by atoms with Gasteiger partial charge in [-0.05, 0) is 56.3 Å². The van der Waals surface area contributed by atoms with Crippen LogP contribution in [0.2, 0.25) is 0 Å². The van der Waals surface area contributed by atoms with Crippen molar-refractivity contribution < 1.29 is 4.79 Å². The molecule has 138 valence electrons. The Hall–Kier alpha value is -3.41. The second-order valence-corrected chi connectivity index (χ2v) is 6.58. The smallest absolute Gasteiger partial charge is 0.255 e. The second kappa shape index (κ2) is 7.86. The molecule has 0 aliphatic carbocycles. The van der Waals surface area contributed by atoms with E-state index in [1.807, 2.05) is 81.4 Å². The van der Waals surface area contributed by atoms with E-state index in [4.69, 9.17) is 0 Å². The molecule has 0 saturated heterocycles. The van der Waals surface area contributed by atoms with E-state index < -0.39 is 0 Å². The van der Waals surface area contributed by atoms with Crippen LogP contribution >= 0.6 is 0 Å². The van der Waals surface area contributed by atoms with Gasteiger partial charge in [0.25, 0.3) is 5.91 Å². The third-order valence-corrected chi connectivity index (χ3v) is 3.98. The number of aromatic nitrogens is 2. The van der Waals surface area contributed by atoms with Crippen molar-refractivity contribution in [2.24, 2.45) is 0 Å². The summed E-state index contributed by atoms with van der Waals surface area (Å²) in [6.07, 6.45) is 0. The number of rotatable bonds is 5. The first-order valence-corrected chi connectivity index (χ1v) is 8.69. The summed E-state index contributed by atoms with van der Waals surface area (Å²) in [5, 5.41) is 6.12.